The van der Waals surface area contributed by atoms with Gasteiger partial charge in [0.05, 0.1) is 12.8 Å². The molecular weight excluding hydrogens is 466 g/mol. The van der Waals surface area contributed by atoms with Crippen LogP contribution < -0.4 is 5.32 Å². The maximum Gasteiger partial charge on any atom is 0.222 e. The molecule has 0 atom stereocenters. The largest absolute Gasteiger partial charge is 0.492 e. The molecule has 0 radical (unpaired) electrons. The van der Waals surface area contributed by atoms with Gasteiger partial charge in [-0.15, -0.1) is 0 Å². The van der Waals surface area contributed by atoms with E-state index in [9.17, 15) is 14.4 Å². The second-order valence-electron chi connectivity index (χ2n) is 9.84. The Morgan fingerprint density at radius 1 is 0.757 bits per heavy atom. The van der Waals surface area contributed by atoms with Crippen molar-refractivity contribution >= 4 is 17.9 Å². The predicted molar refractivity (Wildman–Crippen MR) is 153 cm³/mol. The molecular formula is C31H55NO5. The Labute approximate surface area is 227 Å². The van der Waals surface area contributed by atoms with Crippen molar-refractivity contribution in [3.8, 4) is 0 Å². The van der Waals surface area contributed by atoms with Gasteiger partial charge in [0.1, 0.15) is 6.29 Å². The SMILES string of the molecule is CCCCCCCCCCCCCC1=C(OC)C(=O)C=C(NCCCC=O)C1=O.CCCCCCOC. The van der Waals surface area contributed by atoms with Gasteiger partial charge in [0, 0.05) is 38.3 Å². The molecule has 1 rings (SSSR count). The van der Waals surface area contributed by atoms with Gasteiger partial charge in [-0.3, -0.25) is 9.59 Å². The molecule has 1 aliphatic carbocycles. The van der Waals surface area contributed by atoms with E-state index in [4.69, 9.17) is 9.47 Å². The molecule has 0 aromatic rings. The van der Waals surface area contributed by atoms with Gasteiger partial charge in [0.15, 0.2) is 5.76 Å². The van der Waals surface area contributed by atoms with E-state index in [0.717, 1.165) is 25.7 Å². The van der Waals surface area contributed by atoms with Gasteiger partial charge in [-0.1, -0.05) is 97.3 Å². The molecule has 214 valence electrons. The normalized spacial score (nSPS) is 13.2. The molecule has 0 amide bonds. The van der Waals surface area contributed by atoms with E-state index in [-0.39, 0.29) is 17.3 Å². The molecule has 0 bridgehead atoms. The molecule has 0 unspecified atom stereocenters. The second-order valence-corrected chi connectivity index (χ2v) is 9.84. The van der Waals surface area contributed by atoms with E-state index in [0.29, 0.717) is 37.1 Å². The number of ether oxygens (including phenoxy) is 2. The topological polar surface area (TPSA) is 81.7 Å². The summed E-state index contributed by atoms with van der Waals surface area (Å²) in [5.74, 6) is -0.233. The van der Waals surface area contributed by atoms with Crippen molar-refractivity contribution in [1.29, 1.82) is 0 Å². The van der Waals surface area contributed by atoms with Crippen LogP contribution in [0.15, 0.2) is 23.1 Å². The minimum absolute atomic E-state index is 0.153. The van der Waals surface area contributed by atoms with E-state index < -0.39 is 0 Å². The van der Waals surface area contributed by atoms with Crippen LogP contribution in [-0.2, 0) is 23.9 Å². The minimum Gasteiger partial charge on any atom is -0.492 e. The number of hydrogen-bond acceptors (Lipinski definition) is 6. The van der Waals surface area contributed by atoms with Crippen molar-refractivity contribution < 1.29 is 23.9 Å². The highest BCUT2D eigenvalue weighted by Gasteiger charge is 2.28. The summed E-state index contributed by atoms with van der Waals surface area (Å²) >= 11 is 0. The van der Waals surface area contributed by atoms with Crippen LogP contribution in [0.3, 0.4) is 0 Å². The van der Waals surface area contributed by atoms with Gasteiger partial charge in [0.2, 0.25) is 11.6 Å². The molecule has 0 aromatic heterocycles. The summed E-state index contributed by atoms with van der Waals surface area (Å²) in [5, 5.41) is 3.00. The quantitative estimate of drug-likeness (QED) is 0.0856. The van der Waals surface area contributed by atoms with E-state index in [1.54, 1.807) is 7.11 Å². The summed E-state index contributed by atoms with van der Waals surface area (Å²) in [7, 11) is 3.20. The first-order valence-corrected chi connectivity index (χ1v) is 14.8. The number of carbonyl (C=O) groups excluding carboxylic acids is 3. The summed E-state index contributed by atoms with van der Waals surface area (Å²) in [5.41, 5.74) is 0.800. The number of unbranched alkanes of at least 4 members (excludes halogenated alkanes) is 14. The van der Waals surface area contributed by atoms with Gasteiger partial charge in [0.25, 0.3) is 0 Å². The average molecular weight is 522 g/mol. The monoisotopic (exact) mass is 521 g/mol. The van der Waals surface area contributed by atoms with E-state index in [2.05, 4.69) is 19.2 Å². The first kappa shape index (κ1) is 35.0. The summed E-state index contributed by atoms with van der Waals surface area (Å²) in [6.45, 7) is 5.89. The molecule has 0 aromatic carbocycles. The Hall–Kier alpha value is -1.95. The predicted octanol–water partition coefficient (Wildman–Crippen LogP) is 7.41. The Morgan fingerprint density at radius 3 is 1.81 bits per heavy atom. The fourth-order valence-electron chi connectivity index (χ4n) is 4.31. The van der Waals surface area contributed by atoms with Crippen LogP contribution in [-0.4, -0.2) is 45.2 Å². The van der Waals surface area contributed by atoms with Crippen molar-refractivity contribution in [2.24, 2.45) is 0 Å². The third-order valence-corrected chi connectivity index (χ3v) is 6.54. The highest BCUT2D eigenvalue weighted by molar-refractivity contribution is 6.21. The molecule has 37 heavy (non-hydrogen) atoms. The smallest absolute Gasteiger partial charge is 0.222 e. The number of ketones is 2. The summed E-state index contributed by atoms with van der Waals surface area (Å²) in [6, 6.07) is 0. The fourth-order valence-corrected chi connectivity index (χ4v) is 4.31. The number of allylic oxidation sites excluding steroid dienone is 2. The van der Waals surface area contributed by atoms with Gasteiger partial charge in [-0.25, -0.2) is 0 Å². The Bertz CT molecular complexity index is 663. The third kappa shape index (κ3) is 18.0. The molecule has 1 N–H and O–H groups in total. The number of hydrogen-bond donors (Lipinski definition) is 1. The van der Waals surface area contributed by atoms with Crippen molar-refractivity contribution in [2.75, 3.05) is 27.4 Å². The first-order chi connectivity index (χ1) is 18.1. The van der Waals surface area contributed by atoms with Crippen molar-refractivity contribution in [1.82, 2.24) is 5.32 Å². The van der Waals surface area contributed by atoms with E-state index in [1.165, 1.54) is 96.7 Å². The lowest BCUT2D eigenvalue weighted by atomic mass is 9.93. The number of Topliss-reactive ketones (excluding diaryl/α,β-unsaturated/α-hetero) is 1. The van der Waals surface area contributed by atoms with Crippen molar-refractivity contribution in [3.63, 3.8) is 0 Å². The van der Waals surface area contributed by atoms with Crippen molar-refractivity contribution in [2.45, 2.75) is 129 Å². The van der Waals surface area contributed by atoms with Crippen LogP contribution in [0.4, 0.5) is 0 Å². The number of methoxy groups -OCH3 is 2. The second kappa shape index (κ2) is 25.7. The molecule has 6 nitrogen and oxygen atoms in total. The molecule has 0 saturated carbocycles. The molecule has 0 saturated heterocycles. The number of aldehydes is 1. The minimum atomic E-state index is -0.261. The van der Waals surface area contributed by atoms with E-state index >= 15 is 0 Å². The van der Waals surface area contributed by atoms with Gasteiger partial charge in [-0.05, 0) is 25.7 Å². The highest BCUT2D eigenvalue weighted by atomic mass is 16.5. The molecule has 6 heteroatoms. The maximum atomic E-state index is 12.7. The van der Waals surface area contributed by atoms with E-state index in [1.807, 2.05) is 0 Å². The summed E-state index contributed by atoms with van der Waals surface area (Å²) in [4.78, 5) is 35.4. The molecule has 0 spiro atoms. The number of rotatable bonds is 23. The van der Waals surface area contributed by atoms with Crippen LogP contribution in [0.5, 0.6) is 0 Å². The zero-order valence-electron chi connectivity index (χ0n) is 24.3. The zero-order valence-corrected chi connectivity index (χ0v) is 24.3. The van der Waals surface area contributed by atoms with Crippen LogP contribution in [0.1, 0.15) is 129 Å². The Morgan fingerprint density at radius 2 is 1.30 bits per heavy atom. The summed E-state index contributed by atoms with van der Waals surface area (Å²) < 4.78 is 10.1. The fraction of sp³-hybridized carbons (Fsp3) is 0.774. The Balaban J connectivity index is 0.00000139. The van der Waals surface area contributed by atoms with Crippen LogP contribution in [0.2, 0.25) is 0 Å². The lowest BCUT2D eigenvalue weighted by Crippen LogP contribution is -2.29. The Kier molecular flexibility index (Phi) is 24.3. The van der Waals surface area contributed by atoms with Gasteiger partial charge in [-0.2, -0.15) is 0 Å². The average Bonchev–Trinajstić information content (AvgIpc) is 2.90. The molecule has 0 heterocycles. The molecule has 0 aliphatic heterocycles. The lowest BCUT2D eigenvalue weighted by molar-refractivity contribution is -0.118. The van der Waals surface area contributed by atoms with Crippen LogP contribution >= 0.6 is 0 Å². The number of nitrogens with one attached hydrogen (secondary N) is 1. The standard InChI is InChI=1S/C24H39NO4.C7H16O/c1-3-4-5-6-7-8-9-10-11-12-13-16-20-23(28)21(25-17-14-15-18-26)19-22(27)24(20)29-2;1-3-4-5-6-7-8-2/h18-19,25H,3-17H2,1-2H3;3-7H2,1-2H3. The zero-order chi connectivity index (χ0) is 27.6. The number of carbonyl (C=O) groups is 3. The van der Waals surface area contributed by atoms with Crippen LogP contribution in [0, 0.1) is 0 Å². The highest BCUT2D eigenvalue weighted by Crippen LogP contribution is 2.24. The summed E-state index contributed by atoms with van der Waals surface area (Å²) in [6.07, 6.45) is 22.7. The van der Waals surface area contributed by atoms with Crippen molar-refractivity contribution in [3.05, 3.63) is 23.1 Å². The molecule has 0 fully saturated rings. The van der Waals surface area contributed by atoms with Crippen LogP contribution in [0.25, 0.3) is 0 Å². The molecule has 1 aliphatic rings. The van der Waals surface area contributed by atoms with Gasteiger partial charge >= 0.3 is 0 Å². The first-order valence-electron chi connectivity index (χ1n) is 14.8. The third-order valence-electron chi connectivity index (χ3n) is 6.54. The maximum absolute atomic E-state index is 12.7. The lowest BCUT2D eigenvalue weighted by Gasteiger charge is -2.19. The van der Waals surface area contributed by atoms with Gasteiger partial charge < -0.3 is 19.6 Å².